The highest BCUT2D eigenvalue weighted by Crippen LogP contribution is 2.77. The van der Waals surface area contributed by atoms with Crippen LogP contribution in [0.1, 0.15) is 140 Å². The number of aliphatic hydroxyl groups is 1. The first-order chi connectivity index (χ1) is 24.1. The van der Waals surface area contributed by atoms with Gasteiger partial charge in [0.05, 0.1) is 12.2 Å². The molecule has 7 unspecified atom stereocenters. The lowest BCUT2D eigenvalue weighted by atomic mass is 9.32. The monoisotopic (exact) mass is 726 g/mol. The summed E-state index contributed by atoms with van der Waals surface area (Å²) in [6.07, 6.45) is 4.68. The Hall–Kier alpha value is -2.26. The van der Waals surface area contributed by atoms with E-state index in [1.807, 2.05) is 0 Å². The molecule has 15 atom stereocenters. The molecule has 6 rings (SSSR count). The van der Waals surface area contributed by atoms with Crippen LogP contribution in [-0.4, -0.2) is 65.4 Å². The zero-order valence-corrected chi connectivity index (χ0v) is 33.5. The average molecular weight is 727 g/mol. The summed E-state index contributed by atoms with van der Waals surface area (Å²) >= 11 is 0. The van der Waals surface area contributed by atoms with Crippen LogP contribution < -0.4 is 0 Å². The zero-order chi connectivity index (χ0) is 38.3. The fourth-order valence-corrected chi connectivity index (χ4v) is 14.3. The van der Waals surface area contributed by atoms with Crippen LogP contribution in [0.2, 0.25) is 0 Å². The molecule has 52 heavy (non-hydrogen) atoms. The summed E-state index contributed by atoms with van der Waals surface area (Å²) in [7, 11) is 0. The minimum absolute atomic E-state index is 0.0977. The van der Waals surface area contributed by atoms with Gasteiger partial charge in [-0.2, -0.15) is 0 Å². The Kier molecular flexibility index (Phi) is 10.2. The maximum Gasteiger partial charge on any atom is 0.303 e. The van der Waals surface area contributed by atoms with Gasteiger partial charge in [0.1, 0.15) is 11.9 Å². The number of ketones is 1. The van der Waals surface area contributed by atoms with Crippen molar-refractivity contribution >= 4 is 23.7 Å². The molecule has 5 aliphatic carbocycles. The molecule has 1 N–H and O–H groups in total. The lowest BCUT2D eigenvalue weighted by Crippen LogP contribution is -2.66. The van der Waals surface area contributed by atoms with Crippen molar-refractivity contribution in [3.8, 4) is 0 Å². The molecular formula is C43H66O9. The molecule has 0 radical (unpaired) electrons. The van der Waals surface area contributed by atoms with Crippen molar-refractivity contribution in [2.45, 2.75) is 176 Å². The van der Waals surface area contributed by atoms with Gasteiger partial charge in [-0.15, -0.1) is 0 Å². The highest BCUT2D eigenvalue weighted by Gasteiger charge is 2.71. The average Bonchev–Trinajstić information content (AvgIpc) is 3.41. The van der Waals surface area contributed by atoms with E-state index in [2.05, 4.69) is 48.1 Å². The van der Waals surface area contributed by atoms with E-state index < -0.39 is 54.5 Å². The maximum atomic E-state index is 13.2. The molecule has 9 heteroatoms. The van der Waals surface area contributed by atoms with E-state index in [1.54, 1.807) is 6.92 Å². The Bertz CT molecular complexity index is 1470. The number of Topliss-reactive ketones (excluding diaryl/α,β-unsaturated/α-hetero) is 1. The SMILES string of the molecule is C=C(C)[C@@H]1CC[C@]2(C[C@@H](O)[C@@H]3OC(C)[C@H](OC(C)=O)C(OC(C)=O)C3OC(C)=O)CC[C@]3(C)C(CCC4[C@@]5(C)CCC(=O)C(C)(C)C5CC[C@]43C)C12. The second-order valence-corrected chi connectivity index (χ2v) is 19.5. The molecular weight excluding hydrogens is 660 g/mol. The largest absolute Gasteiger partial charge is 0.456 e. The maximum absolute atomic E-state index is 13.2. The Morgan fingerprint density at radius 2 is 1.40 bits per heavy atom. The number of carbonyl (C=O) groups excluding carboxylic acids is 4. The summed E-state index contributed by atoms with van der Waals surface area (Å²) in [6, 6.07) is 0. The van der Waals surface area contributed by atoms with E-state index in [0.29, 0.717) is 48.2 Å². The molecule has 6 aliphatic rings. The molecule has 1 heterocycles. The Labute approximate surface area is 311 Å². The molecule has 0 amide bonds. The number of hydrogen-bond acceptors (Lipinski definition) is 9. The molecule has 1 saturated heterocycles. The van der Waals surface area contributed by atoms with Crippen LogP contribution in [-0.2, 0) is 38.1 Å². The Balaban J connectivity index is 1.33. The van der Waals surface area contributed by atoms with Crippen molar-refractivity contribution in [2.24, 2.45) is 56.7 Å². The van der Waals surface area contributed by atoms with Gasteiger partial charge in [0.25, 0.3) is 0 Å². The first-order valence-corrected chi connectivity index (χ1v) is 20.2. The molecule has 0 aromatic heterocycles. The van der Waals surface area contributed by atoms with Crippen molar-refractivity contribution in [3.05, 3.63) is 12.2 Å². The molecule has 0 aromatic rings. The number of esters is 3. The van der Waals surface area contributed by atoms with Gasteiger partial charge in [-0.25, -0.2) is 0 Å². The first-order valence-electron chi connectivity index (χ1n) is 20.2. The minimum atomic E-state index is -1.16. The molecule has 0 aromatic carbocycles. The number of carbonyl (C=O) groups is 4. The summed E-state index contributed by atoms with van der Waals surface area (Å²) in [5.74, 6) is 0.733. The van der Waals surface area contributed by atoms with Gasteiger partial charge in [-0.3, -0.25) is 19.2 Å². The second kappa shape index (κ2) is 13.5. The molecule has 1 aliphatic heterocycles. The third-order valence-corrected chi connectivity index (χ3v) is 16.7. The van der Waals surface area contributed by atoms with E-state index in [4.69, 9.17) is 18.9 Å². The minimum Gasteiger partial charge on any atom is -0.456 e. The van der Waals surface area contributed by atoms with Gasteiger partial charge in [-0.1, -0.05) is 46.8 Å². The second-order valence-electron chi connectivity index (χ2n) is 19.5. The fourth-order valence-electron chi connectivity index (χ4n) is 14.3. The quantitative estimate of drug-likeness (QED) is 0.161. The first kappa shape index (κ1) is 39.4. The summed E-state index contributed by atoms with van der Waals surface area (Å²) < 4.78 is 23.4. The fraction of sp³-hybridized carbons (Fsp3) is 0.860. The highest BCUT2D eigenvalue weighted by molar-refractivity contribution is 5.85. The molecule has 9 nitrogen and oxygen atoms in total. The summed E-state index contributed by atoms with van der Waals surface area (Å²) in [5, 5.41) is 12.3. The van der Waals surface area contributed by atoms with Crippen molar-refractivity contribution in [3.63, 3.8) is 0 Å². The van der Waals surface area contributed by atoms with Crippen LogP contribution in [0.25, 0.3) is 0 Å². The standard InChI is InChI=1S/C43H66O9/c1-23(2)28-14-19-43(22-30(47)36-38(52-27(6)46)37(51-26(5)45)35(24(3)49-36)50-25(4)44)21-20-41(10)29(34(28)43)12-13-32-40(9)17-16-33(48)39(7,8)31(40)15-18-42(32,41)11/h24,28-32,34-38,47H,1,12-22H2,2-11H3/t24?,28-,29?,30+,31?,32?,34?,35-,36-,37?,38?,40-,41+,42+,43+/m0/s1. The Morgan fingerprint density at radius 3 is 2.02 bits per heavy atom. The Morgan fingerprint density at radius 1 is 0.788 bits per heavy atom. The van der Waals surface area contributed by atoms with Gasteiger partial charge in [0.2, 0.25) is 0 Å². The molecule has 0 bridgehead atoms. The van der Waals surface area contributed by atoms with Crippen LogP contribution in [0.5, 0.6) is 0 Å². The number of fused-ring (bicyclic) bond motifs is 7. The predicted molar refractivity (Wildman–Crippen MR) is 196 cm³/mol. The molecule has 292 valence electrons. The number of rotatable bonds is 7. The smallest absolute Gasteiger partial charge is 0.303 e. The summed E-state index contributed by atoms with van der Waals surface area (Å²) in [5.41, 5.74) is 1.12. The number of hydrogen-bond donors (Lipinski definition) is 1. The van der Waals surface area contributed by atoms with E-state index in [0.717, 1.165) is 57.8 Å². The van der Waals surface area contributed by atoms with Crippen molar-refractivity contribution < 1.29 is 43.2 Å². The number of allylic oxidation sites excluding steroid dienone is 1. The third kappa shape index (κ3) is 6.01. The van der Waals surface area contributed by atoms with E-state index in [9.17, 15) is 24.3 Å². The van der Waals surface area contributed by atoms with Gasteiger partial charge >= 0.3 is 17.9 Å². The predicted octanol–water partition coefficient (Wildman–Crippen LogP) is 7.55. The van der Waals surface area contributed by atoms with E-state index in [-0.39, 0.29) is 27.1 Å². The highest BCUT2D eigenvalue weighted by atomic mass is 16.6. The lowest BCUT2D eigenvalue weighted by Gasteiger charge is -2.72. The van der Waals surface area contributed by atoms with Crippen molar-refractivity contribution in [1.29, 1.82) is 0 Å². The van der Waals surface area contributed by atoms with Crippen molar-refractivity contribution in [2.75, 3.05) is 0 Å². The number of aliphatic hydroxyl groups excluding tert-OH is 1. The van der Waals surface area contributed by atoms with Crippen molar-refractivity contribution in [1.82, 2.24) is 0 Å². The normalized spacial score (nSPS) is 47.1. The molecule has 6 fully saturated rings. The van der Waals surface area contributed by atoms with Gasteiger partial charge in [0, 0.05) is 32.6 Å². The van der Waals surface area contributed by atoms with Gasteiger partial charge < -0.3 is 24.1 Å². The van der Waals surface area contributed by atoms with Crippen LogP contribution >= 0.6 is 0 Å². The third-order valence-electron chi connectivity index (χ3n) is 16.7. The van der Waals surface area contributed by atoms with Crippen LogP contribution in [0.15, 0.2) is 12.2 Å². The van der Waals surface area contributed by atoms with Crippen LogP contribution in [0.4, 0.5) is 0 Å². The van der Waals surface area contributed by atoms with Crippen LogP contribution in [0.3, 0.4) is 0 Å². The molecule has 0 spiro atoms. The summed E-state index contributed by atoms with van der Waals surface area (Å²) in [4.78, 5) is 50.1. The van der Waals surface area contributed by atoms with Gasteiger partial charge in [-0.05, 0) is 129 Å². The lowest BCUT2D eigenvalue weighted by molar-refractivity contribution is -0.263. The van der Waals surface area contributed by atoms with Crippen LogP contribution in [0, 0.1) is 56.7 Å². The van der Waals surface area contributed by atoms with E-state index in [1.165, 1.54) is 26.3 Å². The van der Waals surface area contributed by atoms with E-state index >= 15 is 0 Å². The number of ether oxygens (including phenoxy) is 4. The zero-order valence-electron chi connectivity index (χ0n) is 33.5. The summed E-state index contributed by atoms with van der Waals surface area (Å²) in [6.45, 7) is 24.3. The molecule has 5 saturated carbocycles. The topological polar surface area (TPSA) is 125 Å². The van der Waals surface area contributed by atoms with Gasteiger partial charge in [0.15, 0.2) is 18.3 Å².